The van der Waals surface area contributed by atoms with Crippen LogP contribution in [0.3, 0.4) is 0 Å². The topological polar surface area (TPSA) is 128 Å². The highest BCUT2D eigenvalue weighted by molar-refractivity contribution is 7.92. The number of aryl methyl sites for hydroxylation is 2. The van der Waals surface area contributed by atoms with E-state index >= 15 is 0 Å². The normalized spacial score (nSPS) is 10.9. The van der Waals surface area contributed by atoms with E-state index in [2.05, 4.69) is 10.0 Å². The standard InChI is InChI=1S/C23H23N3O5S/c1-15-4-3-5-19(12-15)26-32(29,30)21-13-18(9-6-16(21)2)25-22(27)14-31-20-10-7-17(8-11-20)23(24)28/h3-13,26H,14H2,1-2H3,(H2,24,28)(H,25,27). The van der Waals surface area contributed by atoms with Crippen molar-refractivity contribution in [3.63, 3.8) is 0 Å². The number of primary amides is 1. The molecule has 0 atom stereocenters. The zero-order valence-electron chi connectivity index (χ0n) is 17.6. The number of hydrogen-bond acceptors (Lipinski definition) is 5. The number of benzene rings is 3. The largest absolute Gasteiger partial charge is 0.484 e. The molecule has 3 aromatic carbocycles. The van der Waals surface area contributed by atoms with Gasteiger partial charge in [-0.15, -0.1) is 0 Å². The molecule has 0 bridgehead atoms. The van der Waals surface area contributed by atoms with Crippen LogP contribution in [0.5, 0.6) is 5.75 Å². The van der Waals surface area contributed by atoms with Gasteiger partial charge in [-0.05, 0) is 73.5 Å². The third kappa shape index (κ3) is 5.86. The molecule has 0 aromatic heterocycles. The lowest BCUT2D eigenvalue weighted by Crippen LogP contribution is -2.21. The summed E-state index contributed by atoms with van der Waals surface area (Å²) in [4.78, 5) is 23.4. The maximum Gasteiger partial charge on any atom is 0.262 e. The molecule has 0 heterocycles. The van der Waals surface area contributed by atoms with Crippen molar-refractivity contribution in [2.45, 2.75) is 18.7 Å². The smallest absolute Gasteiger partial charge is 0.262 e. The van der Waals surface area contributed by atoms with Gasteiger partial charge in [-0.1, -0.05) is 18.2 Å². The third-order valence-corrected chi connectivity index (χ3v) is 6.06. The van der Waals surface area contributed by atoms with Crippen LogP contribution in [0.2, 0.25) is 0 Å². The number of nitrogens with one attached hydrogen (secondary N) is 2. The highest BCUT2D eigenvalue weighted by Crippen LogP contribution is 2.23. The minimum atomic E-state index is -3.86. The van der Waals surface area contributed by atoms with E-state index in [0.29, 0.717) is 28.3 Å². The fraction of sp³-hybridized carbons (Fsp3) is 0.130. The summed E-state index contributed by atoms with van der Waals surface area (Å²) in [6.07, 6.45) is 0. The van der Waals surface area contributed by atoms with Crippen LogP contribution in [0.25, 0.3) is 0 Å². The number of sulfonamides is 1. The third-order valence-electron chi connectivity index (χ3n) is 4.54. The van der Waals surface area contributed by atoms with E-state index in [9.17, 15) is 18.0 Å². The van der Waals surface area contributed by atoms with E-state index < -0.39 is 21.8 Å². The predicted molar refractivity (Wildman–Crippen MR) is 122 cm³/mol. The zero-order chi connectivity index (χ0) is 23.3. The molecule has 3 aromatic rings. The molecule has 8 nitrogen and oxygen atoms in total. The maximum atomic E-state index is 12.9. The van der Waals surface area contributed by atoms with Crippen LogP contribution >= 0.6 is 0 Å². The highest BCUT2D eigenvalue weighted by atomic mass is 32.2. The Morgan fingerprint density at radius 3 is 2.31 bits per heavy atom. The summed E-state index contributed by atoms with van der Waals surface area (Å²) in [5, 5.41) is 2.62. The van der Waals surface area contributed by atoms with Crippen LogP contribution in [-0.2, 0) is 14.8 Å². The van der Waals surface area contributed by atoms with Gasteiger partial charge in [-0.2, -0.15) is 0 Å². The lowest BCUT2D eigenvalue weighted by molar-refractivity contribution is -0.118. The van der Waals surface area contributed by atoms with E-state index in [1.54, 1.807) is 37.3 Å². The molecule has 0 radical (unpaired) electrons. The molecule has 3 rings (SSSR count). The van der Waals surface area contributed by atoms with Gasteiger partial charge in [0.15, 0.2) is 6.61 Å². The minimum absolute atomic E-state index is 0.0553. The summed E-state index contributed by atoms with van der Waals surface area (Å²) >= 11 is 0. The van der Waals surface area contributed by atoms with E-state index in [1.165, 1.54) is 30.3 Å². The Balaban J connectivity index is 1.68. The summed E-state index contributed by atoms with van der Waals surface area (Å²) in [5.74, 6) is -0.640. The minimum Gasteiger partial charge on any atom is -0.484 e. The maximum absolute atomic E-state index is 12.9. The van der Waals surface area contributed by atoms with Crippen molar-refractivity contribution in [2.75, 3.05) is 16.6 Å². The second kappa shape index (κ2) is 9.52. The molecule has 0 saturated carbocycles. The van der Waals surface area contributed by atoms with Gasteiger partial charge in [0.05, 0.1) is 4.90 Å². The Morgan fingerprint density at radius 1 is 0.938 bits per heavy atom. The van der Waals surface area contributed by atoms with Gasteiger partial charge in [0, 0.05) is 16.9 Å². The Kier molecular flexibility index (Phi) is 6.79. The van der Waals surface area contributed by atoms with Crippen LogP contribution in [0, 0.1) is 13.8 Å². The Labute approximate surface area is 186 Å². The van der Waals surface area contributed by atoms with Gasteiger partial charge in [-0.25, -0.2) is 8.42 Å². The van der Waals surface area contributed by atoms with Crippen molar-refractivity contribution in [1.82, 2.24) is 0 Å². The van der Waals surface area contributed by atoms with Gasteiger partial charge in [0.2, 0.25) is 5.91 Å². The predicted octanol–water partition coefficient (Wildman–Crippen LogP) is 3.22. The number of nitrogens with two attached hydrogens (primary N) is 1. The first-order valence-corrected chi connectivity index (χ1v) is 11.1. The average Bonchev–Trinajstić information content (AvgIpc) is 2.73. The molecule has 0 unspecified atom stereocenters. The SMILES string of the molecule is Cc1cccc(NS(=O)(=O)c2cc(NC(=O)COc3ccc(C(N)=O)cc3)ccc2C)c1. The molecule has 0 fully saturated rings. The molecule has 166 valence electrons. The average molecular weight is 454 g/mol. The van der Waals surface area contributed by atoms with Crippen molar-refractivity contribution in [3.05, 3.63) is 83.4 Å². The van der Waals surface area contributed by atoms with Crippen LogP contribution in [0.15, 0.2) is 71.6 Å². The van der Waals surface area contributed by atoms with Crippen molar-refractivity contribution in [1.29, 1.82) is 0 Å². The number of carbonyl (C=O) groups is 2. The van der Waals surface area contributed by atoms with Gasteiger partial charge in [-0.3, -0.25) is 14.3 Å². The van der Waals surface area contributed by atoms with E-state index in [4.69, 9.17) is 10.5 Å². The number of anilines is 2. The Hall–Kier alpha value is -3.85. The fourth-order valence-corrected chi connectivity index (χ4v) is 4.27. The lowest BCUT2D eigenvalue weighted by atomic mass is 10.2. The summed E-state index contributed by atoms with van der Waals surface area (Å²) in [5.41, 5.74) is 7.74. The molecule has 0 aliphatic rings. The van der Waals surface area contributed by atoms with Crippen molar-refractivity contribution in [2.24, 2.45) is 5.73 Å². The molecule has 0 aliphatic heterocycles. The molecule has 0 spiro atoms. The number of rotatable bonds is 8. The molecular formula is C23H23N3O5S. The second-order valence-corrected chi connectivity index (χ2v) is 8.83. The summed E-state index contributed by atoms with van der Waals surface area (Å²) in [6.45, 7) is 3.25. The summed E-state index contributed by atoms with van der Waals surface area (Å²) in [7, 11) is -3.86. The molecule has 0 aliphatic carbocycles. The summed E-state index contributed by atoms with van der Waals surface area (Å²) in [6, 6.07) is 17.7. The summed E-state index contributed by atoms with van der Waals surface area (Å²) < 4.78 is 33.7. The molecule has 2 amide bonds. The van der Waals surface area contributed by atoms with E-state index in [-0.39, 0.29) is 11.5 Å². The lowest BCUT2D eigenvalue weighted by Gasteiger charge is -2.13. The van der Waals surface area contributed by atoms with Gasteiger partial charge >= 0.3 is 0 Å². The van der Waals surface area contributed by atoms with Gasteiger partial charge in [0.25, 0.3) is 15.9 Å². The van der Waals surface area contributed by atoms with Crippen molar-refractivity contribution < 1.29 is 22.7 Å². The molecule has 32 heavy (non-hydrogen) atoms. The molecule has 4 N–H and O–H groups in total. The Morgan fingerprint density at radius 2 is 1.66 bits per heavy atom. The van der Waals surface area contributed by atoms with Crippen molar-refractivity contribution in [3.8, 4) is 5.75 Å². The zero-order valence-corrected chi connectivity index (χ0v) is 18.4. The molecule has 0 saturated heterocycles. The number of ether oxygens (including phenoxy) is 1. The molecule has 9 heteroatoms. The van der Waals surface area contributed by atoms with Crippen LogP contribution in [0.1, 0.15) is 21.5 Å². The quantitative estimate of drug-likeness (QED) is 0.483. The van der Waals surface area contributed by atoms with Crippen LogP contribution in [-0.4, -0.2) is 26.8 Å². The fourth-order valence-electron chi connectivity index (χ4n) is 2.95. The number of carbonyl (C=O) groups excluding carboxylic acids is 2. The van der Waals surface area contributed by atoms with Crippen molar-refractivity contribution >= 4 is 33.2 Å². The number of amides is 2. The first-order chi connectivity index (χ1) is 15.1. The van der Waals surface area contributed by atoms with E-state index in [0.717, 1.165) is 5.56 Å². The number of hydrogen-bond donors (Lipinski definition) is 3. The van der Waals surface area contributed by atoms with Gasteiger partial charge in [0.1, 0.15) is 5.75 Å². The van der Waals surface area contributed by atoms with E-state index in [1.807, 2.05) is 13.0 Å². The first kappa shape index (κ1) is 22.8. The van der Waals surface area contributed by atoms with Gasteiger partial charge < -0.3 is 15.8 Å². The highest BCUT2D eigenvalue weighted by Gasteiger charge is 2.18. The monoisotopic (exact) mass is 453 g/mol. The molecular weight excluding hydrogens is 430 g/mol. The van der Waals surface area contributed by atoms with Crippen LogP contribution in [0.4, 0.5) is 11.4 Å². The second-order valence-electron chi connectivity index (χ2n) is 7.18. The Bertz CT molecular complexity index is 1250. The first-order valence-electron chi connectivity index (χ1n) is 9.67. The van der Waals surface area contributed by atoms with Crippen LogP contribution < -0.4 is 20.5 Å².